The van der Waals surface area contributed by atoms with Crippen molar-refractivity contribution in [2.24, 2.45) is 0 Å². The first-order chi connectivity index (χ1) is 12.0. The first-order valence-corrected chi connectivity index (χ1v) is 8.89. The number of likely N-dealkylation sites (tertiary alicyclic amines) is 1. The van der Waals surface area contributed by atoms with Crippen LogP contribution in [-0.4, -0.2) is 46.0 Å². The number of nitrogens with zero attached hydrogens (tertiary/aromatic N) is 2. The van der Waals surface area contributed by atoms with Crippen molar-refractivity contribution in [1.29, 1.82) is 0 Å². The first kappa shape index (κ1) is 17.5. The zero-order chi connectivity index (χ0) is 17.8. The zero-order valence-corrected chi connectivity index (χ0v) is 14.3. The molecule has 1 aliphatic rings. The van der Waals surface area contributed by atoms with Crippen LogP contribution in [0.1, 0.15) is 19.3 Å². The van der Waals surface area contributed by atoms with Gasteiger partial charge >= 0.3 is 5.97 Å². The van der Waals surface area contributed by atoms with Gasteiger partial charge in [-0.2, -0.15) is 0 Å². The van der Waals surface area contributed by atoms with Crippen LogP contribution in [0.25, 0.3) is 11.3 Å². The maximum absolute atomic E-state index is 13.0. The van der Waals surface area contributed by atoms with Crippen molar-refractivity contribution in [2.75, 3.05) is 18.4 Å². The number of nitrogens with one attached hydrogen (secondary N) is 1. The summed E-state index contributed by atoms with van der Waals surface area (Å²) in [6.07, 6.45) is 2.32. The molecule has 1 aromatic carbocycles. The number of anilines is 1. The van der Waals surface area contributed by atoms with Crippen molar-refractivity contribution in [3.05, 3.63) is 35.5 Å². The number of carbonyl (C=O) groups excluding carboxylic acids is 1. The van der Waals surface area contributed by atoms with Gasteiger partial charge in [-0.25, -0.2) is 9.37 Å². The molecule has 1 fully saturated rings. The molecule has 3 rings (SSSR count). The molecule has 0 aliphatic carbocycles. The van der Waals surface area contributed by atoms with Gasteiger partial charge in [0.25, 0.3) is 0 Å². The number of hydrogen-bond acceptors (Lipinski definition) is 5. The fourth-order valence-electron chi connectivity index (χ4n) is 2.89. The lowest BCUT2D eigenvalue weighted by molar-refractivity contribution is -0.145. The molecule has 8 heteroatoms. The highest BCUT2D eigenvalue weighted by molar-refractivity contribution is 7.14. The van der Waals surface area contributed by atoms with Crippen LogP contribution in [0.4, 0.5) is 9.52 Å². The van der Waals surface area contributed by atoms with Gasteiger partial charge in [-0.3, -0.25) is 14.5 Å². The van der Waals surface area contributed by atoms with Gasteiger partial charge in [0, 0.05) is 10.9 Å². The number of piperidine rings is 1. The van der Waals surface area contributed by atoms with E-state index in [0.717, 1.165) is 18.4 Å². The largest absolute Gasteiger partial charge is 0.480 e. The Balaban J connectivity index is 1.61. The fourth-order valence-corrected chi connectivity index (χ4v) is 3.62. The number of carboxylic acids is 1. The van der Waals surface area contributed by atoms with Crippen molar-refractivity contribution in [3.63, 3.8) is 0 Å². The van der Waals surface area contributed by atoms with E-state index in [-0.39, 0.29) is 18.3 Å². The number of benzene rings is 1. The van der Waals surface area contributed by atoms with Crippen molar-refractivity contribution in [3.8, 4) is 11.3 Å². The third-order valence-corrected chi connectivity index (χ3v) is 4.89. The van der Waals surface area contributed by atoms with Crippen molar-refractivity contribution < 1.29 is 19.1 Å². The van der Waals surface area contributed by atoms with E-state index in [4.69, 9.17) is 0 Å². The molecule has 2 aromatic rings. The van der Waals surface area contributed by atoms with Gasteiger partial charge in [-0.1, -0.05) is 6.42 Å². The Kier molecular flexibility index (Phi) is 5.40. The minimum atomic E-state index is -0.889. The second-order valence-corrected chi connectivity index (χ2v) is 6.77. The molecule has 2 N–H and O–H groups in total. The number of halogens is 1. The second kappa shape index (κ2) is 7.71. The second-order valence-electron chi connectivity index (χ2n) is 5.91. The van der Waals surface area contributed by atoms with Crippen LogP contribution in [0.2, 0.25) is 0 Å². The van der Waals surface area contributed by atoms with Crippen LogP contribution >= 0.6 is 11.3 Å². The minimum absolute atomic E-state index is 0.0302. The van der Waals surface area contributed by atoms with Crippen LogP contribution in [0.3, 0.4) is 0 Å². The van der Waals surface area contributed by atoms with Gasteiger partial charge < -0.3 is 10.4 Å². The molecule has 0 spiro atoms. The van der Waals surface area contributed by atoms with E-state index in [1.54, 1.807) is 22.4 Å². The smallest absolute Gasteiger partial charge is 0.320 e. The van der Waals surface area contributed by atoms with Crippen LogP contribution in [0.15, 0.2) is 29.6 Å². The normalized spacial score (nSPS) is 18.0. The molecule has 1 amide bonds. The third-order valence-electron chi connectivity index (χ3n) is 4.14. The molecule has 1 unspecified atom stereocenters. The molecule has 0 bridgehead atoms. The number of aliphatic carboxylic acids is 1. The maximum Gasteiger partial charge on any atom is 0.320 e. The molecular formula is C17H18FN3O3S. The number of hydrogen-bond donors (Lipinski definition) is 2. The minimum Gasteiger partial charge on any atom is -0.480 e. The predicted octanol–water partition coefficient (Wildman–Crippen LogP) is 2.83. The highest BCUT2D eigenvalue weighted by Gasteiger charge is 2.29. The van der Waals surface area contributed by atoms with Crippen molar-refractivity contribution in [1.82, 2.24) is 9.88 Å². The highest BCUT2D eigenvalue weighted by atomic mass is 32.1. The summed E-state index contributed by atoms with van der Waals surface area (Å²) in [5, 5.41) is 14.2. The average Bonchev–Trinajstić information content (AvgIpc) is 3.04. The van der Waals surface area contributed by atoms with E-state index in [1.807, 2.05) is 0 Å². The molecule has 0 radical (unpaired) electrons. The molecular weight excluding hydrogens is 345 g/mol. The van der Waals surface area contributed by atoms with Gasteiger partial charge in [-0.15, -0.1) is 11.3 Å². The van der Waals surface area contributed by atoms with E-state index < -0.39 is 12.0 Å². The van der Waals surface area contributed by atoms with E-state index in [9.17, 15) is 19.1 Å². The molecule has 25 heavy (non-hydrogen) atoms. The number of thiazole rings is 1. The third kappa shape index (κ3) is 4.40. The van der Waals surface area contributed by atoms with Gasteiger partial charge in [-0.05, 0) is 43.7 Å². The Morgan fingerprint density at radius 1 is 1.32 bits per heavy atom. The Bertz CT molecular complexity index is 763. The van der Waals surface area contributed by atoms with Gasteiger partial charge in [0.2, 0.25) is 5.91 Å². The van der Waals surface area contributed by atoms with Crippen molar-refractivity contribution in [2.45, 2.75) is 25.3 Å². The lowest BCUT2D eigenvalue weighted by Gasteiger charge is -2.31. The van der Waals surface area contributed by atoms with Crippen LogP contribution in [0, 0.1) is 5.82 Å². The fraction of sp³-hybridized carbons (Fsp3) is 0.353. The van der Waals surface area contributed by atoms with Crippen LogP contribution < -0.4 is 5.32 Å². The van der Waals surface area contributed by atoms with Gasteiger partial charge in [0.05, 0.1) is 12.2 Å². The van der Waals surface area contributed by atoms with E-state index in [0.29, 0.717) is 23.8 Å². The molecule has 1 saturated heterocycles. The number of carbonyl (C=O) groups is 2. The maximum atomic E-state index is 13.0. The number of aromatic nitrogens is 1. The van der Waals surface area contributed by atoms with E-state index in [2.05, 4.69) is 10.3 Å². The molecule has 1 aromatic heterocycles. The highest BCUT2D eigenvalue weighted by Crippen LogP contribution is 2.25. The number of amides is 1. The summed E-state index contributed by atoms with van der Waals surface area (Å²) < 4.78 is 13.0. The lowest BCUT2D eigenvalue weighted by atomic mass is 10.0. The number of carboxylic acid groups (broad SMARTS) is 1. The van der Waals surface area contributed by atoms with E-state index >= 15 is 0 Å². The molecule has 132 valence electrons. The summed E-state index contributed by atoms with van der Waals surface area (Å²) in [5.41, 5.74) is 1.42. The summed E-state index contributed by atoms with van der Waals surface area (Å²) in [7, 11) is 0. The Morgan fingerprint density at radius 2 is 2.08 bits per heavy atom. The monoisotopic (exact) mass is 363 g/mol. The van der Waals surface area contributed by atoms with Crippen molar-refractivity contribution >= 4 is 28.3 Å². The van der Waals surface area contributed by atoms with Crippen LogP contribution in [-0.2, 0) is 9.59 Å². The van der Waals surface area contributed by atoms with E-state index in [1.165, 1.54) is 23.5 Å². The molecule has 2 heterocycles. The Labute approximate surface area is 148 Å². The SMILES string of the molecule is O=C(CN1CCCCC1C(=O)O)Nc1nc(-c2ccc(F)cc2)cs1. The first-order valence-electron chi connectivity index (χ1n) is 8.01. The number of rotatable bonds is 5. The Morgan fingerprint density at radius 3 is 2.80 bits per heavy atom. The molecule has 6 nitrogen and oxygen atoms in total. The summed E-state index contributed by atoms with van der Waals surface area (Å²) in [4.78, 5) is 29.5. The summed E-state index contributed by atoms with van der Waals surface area (Å²) >= 11 is 1.27. The zero-order valence-electron chi connectivity index (χ0n) is 13.4. The topological polar surface area (TPSA) is 82.5 Å². The van der Waals surface area contributed by atoms with Crippen LogP contribution in [0.5, 0.6) is 0 Å². The lowest BCUT2D eigenvalue weighted by Crippen LogP contribution is -2.47. The van der Waals surface area contributed by atoms with Gasteiger partial charge in [0.15, 0.2) is 5.13 Å². The quantitative estimate of drug-likeness (QED) is 0.854. The summed E-state index contributed by atoms with van der Waals surface area (Å²) in [6, 6.07) is 5.36. The summed E-state index contributed by atoms with van der Waals surface area (Å²) in [6.45, 7) is 0.630. The average molecular weight is 363 g/mol. The molecule has 1 atom stereocenters. The Hall–Kier alpha value is -2.32. The predicted molar refractivity (Wildman–Crippen MR) is 93.0 cm³/mol. The molecule has 0 saturated carbocycles. The summed E-state index contributed by atoms with van der Waals surface area (Å²) in [5.74, 6) is -1.49. The standard InChI is InChI=1S/C17H18FN3O3S/c18-12-6-4-11(5-7-12)13-10-25-17(19-13)20-15(22)9-21-8-2-1-3-14(21)16(23)24/h4-7,10,14H,1-3,8-9H2,(H,23,24)(H,19,20,22). The van der Waals surface area contributed by atoms with Gasteiger partial charge in [0.1, 0.15) is 11.9 Å². The molecule has 1 aliphatic heterocycles.